The molecule has 0 fully saturated rings. The first-order valence-corrected chi connectivity index (χ1v) is 8.46. The fourth-order valence-corrected chi connectivity index (χ4v) is 3.26. The minimum atomic E-state index is -0.182. The summed E-state index contributed by atoms with van der Waals surface area (Å²) < 4.78 is 5.03. The van der Waals surface area contributed by atoms with Gasteiger partial charge in [-0.3, -0.25) is 9.59 Å². The topological polar surface area (TPSA) is 43.4 Å². The molecule has 0 aliphatic heterocycles. The number of halogens is 1. The van der Waals surface area contributed by atoms with Gasteiger partial charge >= 0.3 is 0 Å². The van der Waals surface area contributed by atoms with Crippen molar-refractivity contribution in [3.63, 3.8) is 0 Å². The van der Waals surface area contributed by atoms with Crippen molar-refractivity contribution in [3.05, 3.63) is 64.7 Å². The highest BCUT2D eigenvalue weighted by Crippen LogP contribution is 2.30. The summed E-state index contributed by atoms with van der Waals surface area (Å²) in [5, 5.41) is 0.210. The number of ether oxygens (including phenoxy) is 1. The second-order valence-electron chi connectivity index (χ2n) is 3.98. The minimum absolute atomic E-state index is 0.176. The summed E-state index contributed by atoms with van der Waals surface area (Å²) in [5.74, 6) is 0.682. The highest BCUT2D eigenvalue weighted by atomic mass is 35.5. The monoisotopic (exact) mass is 338 g/mol. The molecule has 0 bridgehead atoms. The van der Waals surface area contributed by atoms with Gasteiger partial charge in [-0.25, -0.2) is 0 Å². The Labute approximate surface area is 135 Å². The van der Waals surface area contributed by atoms with Crippen LogP contribution in [0.5, 0.6) is 5.75 Å². The van der Waals surface area contributed by atoms with Gasteiger partial charge in [-0.05, 0) is 70.1 Å². The van der Waals surface area contributed by atoms with Crippen LogP contribution in [-0.2, 0) is 0 Å². The fourth-order valence-electron chi connectivity index (χ4n) is 1.48. The smallest absolute Gasteiger partial charge is 0.230 e. The maximum absolute atomic E-state index is 12.0. The Morgan fingerprint density at radius 2 is 1.29 bits per heavy atom. The van der Waals surface area contributed by atoms with Gasteiger partial charge in [0, 0.05) is 16.1 Å². The quantitative estimate of drug-likeness (QED) is 0.758. The van der Waals surface area contributed by atoms with Crippen LogP contribution in [0.4, 0.5) is 0 Å². The van der Waals surface area contributed by atoms with E-state index in [2.05, 4.69) is 0 Å². The van der Waals surface area contributed by atoms with Crippen molar-refractivity contribution in [2.45, 2.75) is 0 Å². The molecule has 0 aliphatic carbocycles. The van der Waals surface area contributed by atoms with E-state index in [0.717, 1.165) is 21.6 Å². The number of carbonyl (C=O) groups excluding carboxylic acids is 2. The van der Waals surface area contributed by atoms with Crippen LogP contribution in [0.25, 0.3) is 0 Å². The number of benzene rings is 2. The van der Waals surface area contributed by atoms with Gasteiger partial charge in [-0.15, -0.1) is 0 Å². The first kappa shape index (κ1) is 15.9. The van der Waals surface area contributed by atoms with Crippen molar-refractivity contribution < 1.29 is 14.3 Å². The lowest BCUT2D eigenvalue weighted by Gasteiger charge is -2.02. The molecule has 0 amide bonds. The van der Waals surface area contributed by atoms with Gasteiger partial charge in [0.1, 0.15) is 5.75 Å². The predicted octanol–water partition coefficient (Wildman–Crippen LogP) is 4.71. The van der Waals surface area contributed by atoms with Crippen LogP contribution in [0, 0.1) is 0 Å². The van der Waals surface area contributed by atoms with E-state index in [0.29, 0.717) is 21.9 Å². The number of hydrogen-bond acceptors (Lipinski definition) is 5. The Morgan fingerprint density at radius 3 is 1.71 bits per heavy atom. The molecule has 21 heavy (non-hydrogen) atoms. The van der Waals surface area contributed by atoms with E-state index in [1.807, 2.05) is 0 Å². The van der Waals surface area contributed by atoms with E-state index in [9.17, 15) is 9.59 Å². The van der Waals surface area contributed by atoms with Crippen molar-refractivity contribution in [1.82, 2.24) is 0 Å². The molecular weight excluding hydrogens is 328 g/mol. The highest BCUT2D eigenvalue weighted by Gasteiger charge is 2.13. The van der Waals surface area contributed by atoms with Crippen LogP contribution in [-0.4, -0.2) is 17.3 Å². The minimum Gasteiger partial charge on any atom is -0.497 e. The molecule has 0 N–H and O–H groups in total. The summed E-state index contributed by atoms with van der Waals surface area (Å²) in [7, 11) is 3.37. The molecule has 0 saturated heterocycles. The Kier molecular flexibility index (Phi) is 5.73. The Morgan fingerprint density at radius 1 is 0.857 bits per heavy atom. The molecule has 2 aromatic rings. The molecule has 0 saturated carbocycles. The van der Waals surface area contributed by atoms with E-state index in [-0.39, 0.29) is 10.2 Å². The summed E-state index contributed by atoms with van der Waals surface area (Å²) in [6, 6.07) is 13.3. The van der Waals surface area contributed by atoms with Gasteiger partial charge in [0.15, 0.2) is 0 Å². The predicted molar refractivity (Wildman–Crippen MR) is 88.3 cm³/mol. The average Bonchev–Trinajstić information content (AvgIpc) is 2.53. The van der Waals surface area contributed by atoms with Crippen molar-refractivity contribution in [2.24, 2.45) is 0 Å². The largest absolute Gasteiger partial charge is 0.497 e. The standard InChI is InChI=1S/C15H11ClO3S2/c1-19-13-8-4-11(5-9-13)15(18)21-20-14(17)10-2-6-12(16)7-3-10/h2-9H,1H3. The third-order valence-corrected chi connectivity index (χ3v) is 4.87. The van der Waals surface area contributed by atoms with Gasteiger partial charge in [-0.1, -0.05) is 11.6 Å². The zero-order chi connectivity index (χ0) is 15.2. The molecule has 6 heteroatoms. The lowest BCUT2D eigenvalue weighted by molar-refractivity contribution is 0.107. The van der Waals surface area contributed by atoms with E-state index >= 15 is 0 Å². The molecule has 0 atom stereocenters. The van der Waals surface area contributed by atoms with E-state index in [4.69, 9.17) is 16.3 Å². The first-order valence-electron chi connectivity index (χ1n) is 5.93. The van der Waals surface area contributed by atoms with E-state index < -0.39 is 0 Å². The van der Waals surface area contributed by atoms with Gasteiger partial charge in [0.05, 0.1) is 7.11 Å². The maximum atomic E-state index is 12.0. The second-order valence-corrected chi connectivity index (χ2v) is 6.49. The summed E-state index contributed by atoms with van der Waals surface area (Å²) in [6.45, 7) is 0. The number of hydrogen-bond donors (Lipinski definition) is 0. The number of carbonyl (C=O) groups is 2. The first-order chi connectivity index (χ1) is 10.1. The second kappa shape index (κ2) is 7.54. The molecular formula is C15H11ClO3S2. The molecule has 0 heterocycles. The van der Waals surface area contributed by atoms with Crippen LogP contribution in [0.1, 0.15) is 20.7 Å². The Hall–Kier alpha value is -1.43. The van der Waals surface area contributed by atoms with Crippen LogP contribution in [0.2, 0.25) is 5.02 Å². The maximum Gasteiger partial charge on any atom is 0.230 e. The molecule has 0 spiro atoms. The lowest BCUT2D eigenvalue weighted by atomic mass is 10.2. The van der Waals surface area contributed by atoms with Gasteiger partial charge in [0.2, 0.25) is 10.2 Å². The van der Waals surface area contributed by atoms with E-state index in [1.165, 1.54) is 0 Å². The molecule has 2 rings (SSSR count). The van der Waals surface area contributed by atoms with Crippen LogP contribution >= 0.6 is 33.2 Å². The van der Waals surface area contributed by atoms with Crippen molar-refractivity contribution in [3.8, 4) is 5.75 Å². The summed E-state index contributed by atoms with van der Waals surface area (Å²) in [4.78, 5) is 23.9. The van der Waals surface area contributed by atoms with Gasteiger partial charge in [0.25, 0.3) is 0 Å². The Balaban J connectivity index is 1.93. The highest BCUT2D eigenvalue weighted by molar-refractivity contribution is 8.87. The number of rotatable bonds is 3. The third-order valence-electron chi connectivity index (χ3n) is 2.60. The molecule has 0 radical (unpaired) electrons. The zero-order valence-corrected chi connectivity index (χ0v) is 13.4. The van der Waals surface area contributed by atoms with Crippen molar-refractivity contribution in [2.75, 3.05) is 7.11 Å². The van der Waals surface area contributed by atoms with Crippen molar-refractivity contribution in [1.29, 1.82) is 0 Å². The average molecular weight is 339 g/mol. The summed E-state index contributed by atoms with van der Waals surface area (Å²) in [5.41, 5.74) is 1.04. The molecule has 2 aromatic carbocycles. The molecule has 0 aromatic heterocycles. The van der Waals surface area contributed by atoms with Crippen LogP contribution in [0.3, 0.4) is 0 Å². The zero-order valence-electron chi connectivity index (χ0n) is 11.0. The van der Waals surface area contributed by atoms with Crippen LogP contribution < -0.4 is 4.74 Å². The van der Waals surface area contributed by atoms with E-state index in [1.54, 1.807) is 55.6 Å². The lowest BCUT2D eigenvalue weighted by Crippen LogP contribution is -1.95. The molecule has 0 aliphatic rings. The van der Waals surface area contributed by atoms with Gasteiger partial charge < -0.3 is 4.74 Å². The van der Waals surface area contributed by atoms with Gasteiger partial charge in [-0.2, -0.15) is 0 Å². The van der Waals surface area contributed by atoms with Crippen LogP contribution in [0.15, 0.2) is 48.5 Å². The molecule has 108 valence electrons. The third kappa shape index (κ3) is 4.52. The summed E-state index contributed by atoms with van der Waals surface area (Å²) in [6.07, 6.45) is 0. The number of methoxy groups -OCH3 is 1. The van der Waals surface area contributed by atoms with Crippen molar-refractivity contribution >= 4 is 43.4 Å². The molecule has 3 nitrogen and oxygen atoms in total. The normalized spacial score (nSPS) is 10.2. The Bertz CT molecular complexity index is 639. The molecule has 0 unspecified atom stereocenters. The summed E-state index contributed by atoms with van der Waals surface area (Å²) >= 11 is 5.76. The SMILES string of the molecule is COc1ccc(C(=O)SSC(=O)c2ccc(Cl)cc2)cc1. The fraction of sp³-hybridized carbons (Fsp3) is 0.0667.